The third-order valence-corrected chi connectivity index (χ3v) is 4.01. The molecular formula is C16H21NO3. The lowest BCUT2D eigenvalue weighted by molar-refractivity contribution is -0.158. The molecule has 0 aliphatic heterocycles. The molecule has 1 aromatic rings. The van der Waals surface area contributed by atoms with E-state index < -0.39 is 5.41 Å². The maximum absolute atomic E-state index is 12.6. The number of ether oxygens (including phenoxy) is 1. The van der Waals surface area contributed by atoms with Crippen LogP contribution in [0.4, 0.5) is 0 Å². The molecule has 1 aliphatic rings. The van der Waals surface area contributed by atoms with Gasteiger partial charge >= 0.3 is 5.97 Å². The van der Waals surface area contributed by atoms with Gasteiger partial charge in [-0.2, -0.15) is 0 Å². The lowest BCUT2D eigenvalue weighted by Gasteiger charge is -2.28. The van der Waals surface area contributed by atoms with Crippen molar-refractivity contribution in [3.05, 3.63) is 35.9 Å². The minimum atomic E-state index is -0.923. The summed E-state index contributed by atoms with van der Waals surface area (Å²) >= 11 is 0. The fourth-order valence-electron chi connectivity index (χ4n) is 2.37. The number of carbonyl (C=O) groups is 2. The van der Waals surface area contributed by atoms with Gasteiger partial charge in [0.1, 0.15) is 5.41 Å². The predicted molar refractivity (Wildman–Crippen MR) is 75.9 cm³/mol. The van der Waals surface area contributed by atoms with Gasteiger partial charge in [0, 0.05) is 7.05 Å². The van der Waals surface area contributed by atoms with Crippen molar-refractivity contribution in [1.29, 1.82) is 0 Å². The largest absolute Gasteiger partial charge is 0.465 e. The quantitative estimate of drug-likeness (QED) is 0.613. The van der Waals surface area contributed by atoms with Gasteiger partial charge in [0.25, 0.3) is 0 Å². The molecule has 4 heteroatoms. The van der Waals surface area contributed by atoms with Crippen molar-refractivity contribution < 1.29 is 14.3 Å². The lowest BCUT2D eigenvalue weighted by atomic mass is 10.0. The molecule has 2 rings (SSSR count). The van der Waals surface area contributed by atoms with Crippen molar-refractivity contribution >= 4 is 11.9 Å². The lowest BCUT2D eigenvalue weighted by Crippen LogP contribution is -2.40. The Balaban J connectivity index is 2.11. The highest BCUT2D eigenvalue weighted by atomic mass is 16.5. The average molecular weight is 275 g/mol. The van der Waals surface area contributed by atoms with E-state index in [1.54, 1.807) is 18.9 Å². The number of benzene rings is 1. The van der Waals surface area contributed by atoms with Crippen molar-refractivity contribution in [2.45, 2.75) is 32.7 Å². The first-order valence-electron chi connectivity index (χ1n) is 7.02. The summed E-state index contributed by atoms with van der Waals surface area (Å²) in [5.41, 5.74) is 0.136. The van der Waals surface area contributed by atoms with Gasteiger partial charge < -0.3 is 9.64 Å². The molecule has 0 heterocycles. The van der Waals surface area contributed by atoms with Crippen molar-refractivity contribution in [3.63, 3.8) is 0 Å². The van der Waals surface area contributed by atoms with Gasteiger partial charge in [-0.1, -0.05) is 30.3 Å². The van der Waals surface area contributed by atoms with Crippen LogP contribution in [0.15, 0.2) is 30.3 Å². The third kappa shape index (κ3) is 2.55. The zero-order chi connectivity index (χ0) is 14.8. The Kier molecular flexibility index (Phi) is 4.12. The van der Waals surface area contributed by atoms with Crippen molar-refractivity contribution in [3.8, 4) is 0 Å². The van der Waals surface area contributed by atoms with Crippen molar-refractivity contribution in [1.82, 2.24) is 4.90 Å². The van der Waals surface area contributed by atoms with Crippen LogP contribution >= 0.6 is 0 Å². The van der Waals surface area contributed by atoms with Crippen LogP contribution in [0, 0.1) is 5.41 Å². The van der Waals surface area contributed by atoms with Crippen LogP contribution in [0.2, 0.25) is 0 Å². The van der Waals surface area contributed by atoms with Crippen LogP contribution in [0.5, 0.6) is 0 Å². The van der Waals surface area contributed by atoms with Gasteiger partial charge in [0.05, 0.1) is 12.6 Å². The molecule has 0 N–H and O–H groups in total. The molecular weight excluding hydrogens is 254 g/mol. The first-order chi connectivity index (χ1) is 9.53. The second kappa shape index (κ2) is 5.65. The molecule has 0 saturated heterocycles. The Labute approximate surface area is 119 Å². The van der Waals surface area contributed by atoms with E-state index in [1.165, 1.54) is 0 Å². The Morgan fingerprint density at radius 2 is 1.90 bits per heavy atom. The van der Waals surface area contributed by atoms with E-state index in [-0.39, 0.29) is 17.9 Å². The molecule has 1 fully saturated rings. The number of hydrogen-bond acceptors (Lipinski definition) is 3. The summed E-state index contributed by atoms with van der Waals surface area (Å²) in [6.07, 6.45) is 1.19. The Hall–Kier alpha value is -1.84. The standard InChI is InChI=1S/C16H21NO3/c1-4-20-15(19)16(10-11-16)14(18)17(3)12(2)13-8-6-5-7-9-13/h5-9,12H,4,10-11H2,1-3H3/t12-/m1/s1. The van der Waals surface area contributed by atoms with Gasteiger partial charge in [0.15, 0.2) is 0 Å². The number of rotatable bonds is 5. The number of esters is 1. The molecule has 0 radical (unpaired) electrons. The first kappa shape index (κ1) is 14.6. The fourth-order valence-corrected chi connectivity index (χ4v) is 2.37. The summed E-state index contributed by atoms with van der Waals surface area (Å²) in [5, 5.41) is 0. The number of carbonyl (C=O) groups excluding carboxylic acids is 2. The van der Waals surface area contributed by atoms with Gasteiger partial charge in [-0.15, -0.1) is 0 Å². The molecule has 1 aliphatic carbocycles. The van der Waals surface area contributed by atoms with E-state index in [0.29, 0.717) is 19.4 Å². The topological polar surface area (TPSA) is 46.6 Å². The molecule has 20 heavy (non-hydrogen) atoms. The van der Waals surface area contributed by atoms with Gasteiger partial charge in [-0.25, -0.2) is 0 Å². The predicted octanol–water partition coefficient (Wildman–Crippen LogP) is 2.55. The number of nitrogens with zero attached hydrogens (tertiary/aromatic N) is 1. The maximum atomic E-state index is 12.6. The number of amides is 1. The molecule has 1 amide bonds. The molecule has 1 atom stereocenters. The van der Waals surface area contributed by atoms with Crippen LogP contribution in [-0.4, -0.2) is 30.4 Å². The minimum Gasteiger partial charge on any atom is -0.465 e. The van der Waals surface area contributed by atoms with E-state index >= 15 is 0 Å². The highest BCUT2D eigenvalue weighted by Crippen LogP contribution is 2.49. The zero-order valence-corrected chi connectivity index (χ0v) is 12.3. The normalized spacial score (nSPS) is 17.1. The zero-order valence-electron chi connectivity index (χ0n) is 12.3. The van der Waals surface area contributed by atoms with E-state index in [0.717, 1.165) is 5.56 Å². The second-order valence-corrected chi connectivity index (χ2v) is 5.31. The van der Waals surface area contributed by atoms with Gasteiger partial charge in [0.2, 0.25) is 5.91 Å². The van der Waals surface area contributed by atoms with Crippen LogP contribution in [0.3, 0.4) is 0 Å². The monoisotopic (exact) mass is 275 g/mol. The third-order valence-electron chi connectivity index (χ3n) is 4.01. The second-order valence-electron chi connectivity index (χ2n) is 5.31. The van der Waals surface area contributed by atoms with Crippen LogP contribution < -0.4 is 0 Å². The summed E-state index contributed by atoms with van der Waals surface area (Å²) in [6.45, 7) is 4.04. The summed E-state index contributed by atoms with van der Waals surface area (Å²) < 4.78 is 5.04. The van der Waals surface area contributed by atoms with Crippen LogP contribution in [0.25, 0.3) is 0 Å². The molecule has 0 unspecified atom stereocenters. The SMILES string of the molecule is CCOC(=O)C1(C(=O)N(C)[C@H](C)c2ccccc2)CC1. The molecule has 4 nitrogen and oxygen atoms in total. The minimum absolute atomic E-state index is 0.0596. The molecule has 1 saturated carbocycles. The first-order valence-corrected chi connectivity index (χ1v) is 7.02. The van der Waals surface area contributed by atoms with Crippen molar-refractivity contribution in [2.75, 3.05) is 13.7 Å². The van der Waals surface area contributed by atoms with E-state index in [4.69, 9.17) is 4.74 Å². The fraction of sp³-hybridized carbons (Fsp3) is 0.500. The van der Waals surface area contributed by atoms with Crippen molar-refractivity contribution in [2.24, 2.45) is 5.41 Å². The highest BCUT2D eigenvalue weighted by molar-refractivity contribution is 6.05. The average Bonchev–Trinajstić information content (AvgIpc) is 3.28. The Bertz CT molecular complexity index is 494. The molecule has 0 aromatic heterocycles. The molecule has 1 aromatic carbocycles. The maximum Gasteiger partial charge on any atom is 0.321 e. The Morgan fingerprint density at radius 3 is 2.40 bits per heavy atom. The van der Waals surface area contributed by atoms with Crippen LogP contribution in [0.1, 0.15) is 38.3 Å². The van der Waals surface area contributed by atoms with E-state index in [9.17, 15) is 9.59 Å². The summed E-state index contributed by atoms with van der Waals surface area (Å²) in [6, 6.07) is 9.75. The Morgan fingerprint density at radius 1 is 1.30 bits per heavy atom. The van der Waals surface area contributed by atoms with Gasteiger partial charge in [-0.3, -0.25) is 9.59 Å². The summed E-state index contributed by atoms with van der Waals surface area (Å²) in [4.78, 5) is 26.2. The van der Waals surface area contributed by atoms with E-state index in [2.05, 4.69) is 0 Å². The smallest absolute Gasteiger partial charge is 0.321 e. The highest BCUT2D eigenvalue weighted by Gasteiger charge is 2.59. The summed E-state index contributed by atoms with van der Waals surface area (Å²) in [5.74, 6) is -0.510. The molecule has 108 valence electrons. The summed E-state index contributed by atoms with van der Waals surface area (Å²) in [7, 11) is 1.75. The molecule has 0 spiro atoms. The van der Waals surface area contributed by atoms with Gasteiger partial charge in [-0.05, 0) is 32.3 Å². The molecule has 0 bridgehead atoms. The number of hydrogen-bond donors (Lipinski definition) is 0. The van der Waals surface area contributed by atoms with E-state index in [1.807, 2.05) is 37.3 Å². The van der Waals surface area contributed by atoms with Crippen LogP contribution in [-0.2, 0) is 14.3 Å².